The van der Waals surface area contributed by atoms with Crippen LogP contribution in [-0.2, 0) is 6.54 Å². The van der Waals surface area contributed by atoms with E-state index in [1.807, 2.05) is 18.3 Å². The lowest BCUT2D eigenvalue weighted by Crippen LogP contribution is -2.00. The topological polar surface area (TPSA) is 64.1 Å². The van der Waals surface area contributed by atoms with Gasteiger partial charge in [-0.2, -0.15) is 5.10 Å². The zero-order valence-corrected chi connectivity index (χ0v) is 7.59. The Hall–Kier alpha value is -1.81. The van der Waals surface area contributed by atoms with Gasteiger partial charge in [-0.1, -0.05) is 6.07 Å². The van der Waals surface area contributed by atoms with Crippen LogP contribution in [0.1, 0.15) is 5.69 Å². The molecule has 0 saturated heterocycles. The van der Waals surface area contributed by atoms with Crippen molar-refractivity contribution >= 4 is 0 Å². The molecular formula is C10H11N3O. The average molecular weight is 189 g/mol. The second-order valence-corrected chi connectivity index (χ2v) is 2.98. The maximum absolute atomic E-state index is 9.27. The molecule has 14 heavy (non-hydrogen) atoms. The SMILES string of the molecule is NCc1ccn(-c2cccc(O)c2)n1. The number of hydrogen-bond donors (Lipinski definition) is 2. The fraction of sp³-hybridized carbons (Fsp3) is 0.100. The number of nitrogens with zero attached hydrogens (tertiary/aromatic N) is 2. The number of benzene rings is 1. The summed E-state index contributed by atoms with van der Waals surface area (Å²) in [5.41, 5.74) is 7.10. The number of aromatic hydroxyl groups is 1. The Morgan fingerprint density at radius 1 is 1.36 bits per heavy atom. The average Bonchev–Trinajstić information content (AvgIpc) is 2.66. The molecule has 4 nitrogen and oxygen atoms in total. The van der Waals surface area contributed by atoms with Gasteiger partial charge in [0.25, 0.3) is 0 Å². The fourth-order valence-corrected chi connectivity index (χ4v) is 1.25. The highest BCUT2D eigenvalue weighted by Crippen LogP contribution is 2.14. The van der Waals surface area contributed by atoms with Crippen LogP contribution >= 0.6 is 0 Å². The van der Waals surface area contributed by atoms with Gasteiger partial charge in [0, 0.05) is 18.8 Å². The van der Waals surface area contributed by atoms with Crippen molar-refractivity contribution in [1.29, 1.82) is 0 Å². The van der Waals surface area contributed by atoms with E-state index in [0.29, 0.717) is 6.54 Å². The van der Waals surface area contributed by atoms with Gasteiger partial charge in [-0.3, -0.25) is 0 Å². The molecule has 0 fully saturated rings. The summed E-state index contributed by atoms with van der Waals surface area (Å²) in [6, 6.07) is 8.76. The highest BCUT2D eigenvalue weighted by molar-refractivity contribution is 5.37. The van der Waals surface area contributed by atoms with Crippen LogP contribution < -0.4 is 5.73 Å². The van der Waals surface area contributed by atoms with Gasteiger partial charge in [-0.15, -0.1) is 0 Å². The van der Waals surface area contributed by atoms with Crippen molar-refractivity contribution in [2.75, 3.05) is 0 Å². The predicted molar refractivity (Wildman–Crippen MR) is 53.1 cm³/mol. The fourth-order valence-electron chi connectivity index (χ4n) is 1.25. The van der Waals surface area contributed by atoms with Crippen molar-refractivity contribution in [1.82, 2.24) is 9.78 Å². The molecule has 2 aromatic rings. The molecule has 72 valence electrons. The zero-order chi connectivity index (χ0) is 9.97. The normalized spacial score (nSPS) is 10.4. The Labute approximate surface area is 81.6 Å². The van der Waals surface area contributed by atoms with E-state index < -0.39 is 0 Å². The van der Waals surface area contributed by atoms with Gasteiger partial charge in [-0.25, -0.2) is 4.68 Å². The molecule has 0 amide bonds. The van der Waals surface area contributed by atoms with E-state index in [4.69, 9.17) is 5.73 Å². The lowest BCUT2D eigenvalue weighted by molar-refractivity contribution is 0.475. The van der Waals surface area contributed by atoms with Crippen molar-refractivity contribution in [2.24, 2.45) is 5.73 Å². The van der Waals surface area contributed by atoms with E-state index in [0.717, 1.165) is 11.4 Å². The molecule has 0 unspecified atom stereocenters. The third-order valence-corrected chi connectivity index (χ3v) is 1.95. The van der Waals surface area contributed by atoms with Crippen LogP contribution in [0, 0.1) is 0 Å². The third-order valence-electron chi connectivity index (χ3n) is 1.95. The highest BCUT2D eigenvalue weighted by atomic mass is 16.3. The first-order valence-corrected chi connectivity index (χ1v) is 4.33. The summed E-state index contributed by atoms with van der Waals surface area (Å²) in [5, 5.41) is 13.5. The van der Waals surface area contributed by atoms with Crippen LogP contribution in [0.3, 0.4) is 0 Å². The van der Waals surface area contributed by atoms with Gasteiger partial charge in [0.1, 0.15) is 5.75 Å². The molecule has 0 aliphatic rings. The quantitative estimate of drug-likeness (QED) is 0.741. The second kappa shape index (κ2) is 3.51. The Balaban J connectivity index is 2.39. The van der Waals surface area contributed by atoms with Gasteiger partial charge < -0.3 is 10.8 Å². The maximum Gasteiger partial charge on any atom is 0.117 e. The number of rotatable bonds is 2. The minimum Gasteiger partial charge on any atom is -0.508 e. The van der Waals surface area contributed by atoms with E-state index in [2.05, 4.69) is 5.10 Å². The molecule has 3 N–H and O–H groups in total. The monoisotopic (exact) mass is 189 g/mol. The molecule has 0 atom stereocenters. The molecule has 0 saturated carbocycles. The molecule has 1 heterocycles. The minimum absolute atomic E-state index is 0.229. The Morgan fingerprint density at radius 3 is 2.86 bits per heavy atom. The predicted octanol–water partition coefficient (Wildman–Crippen LogP) is 1.04. The third kappa shape index (κ3) is 1.60. The van der Waals surface area contributed by atoms with Crippen LogP contribution in [0.2, 0.25) is 0 Å². The van der Waals surface area contributed by atoms with E-state index in [9.17, 15) is 5.11 Å². The van der Waals surface area contributed by atoms with E-state index >= 15 is 0 Å². The largest absolute Gasteiger partial charge is 0.508 e. The summed E-state index contributed by atoms with van der Waals surface area (Å²) >= 11 is 0. The number of nitrogens with two attached hydrogens (primary N) is 1. The Morgan fingerprint density at radius 2 is 2.21 bits per heavy atom. The summed E-state index contributed by atoms with van der Waals surface area (Å²) < 4.78 is 1.68. The summed E-state index contributed by atoms with van der Waals surface area (Å²) in [7, 11) is 0. The maximum atomic E-state index is 9.27. The summed E-state index contributed by atoms with van der Waals surface area (Å²) in [5.74, 6) is 0.229. The van der Waals surface area contributed by atoms with Crippen LogP contribution in [0.4, 0.5) is 0 Å². The minimum atomic E-state index is 0.229. The van der Waals surface area contributed by atoms with Crippen molar-refractivity contribution in [3.05, 3.63) is 42.2 Å². The van der Waals surface area contributed by atoms with Gasteiger partial charge in [0.15, 0.2) is 0 Å². The summed E-state index contributed by atoms with van der Waals surface area (Å²) in [6.45, 7) is 0.422. The summed E-state index contributed by atoms with van der Waals surface area (Å²) in [4.78, 5) is 0. The van der Waals surface area contributed by atoms with Crippen molar-refractivity contribution in [3.63, 3.8) is 0 Å². The van der Waals surface area contributed by atoms with Crippen molar-refractivity contribution in [2.45, 2.75) is 6.54 Å². The molecular weight excluding hydrogens is 178 g/mol. The lowest BCUT2D eigenvalue weighted by atomic mass is 10.3. The molecule has 1 aromatic heterocycles. The molecule has 0 spiro atoms. The van der Waals surface area contributed by atoms with Crippen molar-refractivity contribution in [3.8, 4) is 11.4 Å². The van der Waals surface area contributed by atoms with Gasteiger partial charge in [0.2, 0.25) is 0 Å². The first-order chi connectivity index (χ1) is 6.79. The van der Waals surface area contributed by atoms with Crippen LogP contribution in [-0.4, -0.2) is 14.9 Å². The number of phenolic OH excluding ortho intramolecular Hbond substituents is 1. The van der Waals surface area contributed by atoms with Crippen LogP contribution in [0.15, 0.2) is 36.5 Å². The molecule has 1 aromatic carbocycles. The molecule has 0 bridgehead atoms. The van der Waals surface area contributed by atoms with E-state index in [-0.39, 0.29) is 5.75 Å². The standard InChI is InChI=1S/C10H11N3O/c11-7-8-4-5-13(12-8)9-2-1-3-10(14)6-9/h1-6,14H,7,11H2. The number of phenols is 1. The van der Waals surface area contributed by atoms with E-state index in [1.54, 1.807) is 22.9 Å². The molecule has 0 aliphatic heterocycles. The first kappa shape index (κ1) is 8.77. The van der Waals surface area contributed by atoms with Crippen LogP contribution in [0.25, 0.3) is 5.69 Å². The van der Waals surface area contributed by atoms with Crippen LogP contribution in [0.5, 0.6) is 5.75 Å². The van der Waals surface area contributed by atoms with Gasteiger partial charge in [0.05, 0.1) is 11.4 Å². The smallest absolute Gasteiger partial charge is 0.117 e. The van der Waals surface area contributed by atoms with Gasteiger partial charge in [-0.05, 0) is 18.2 Å². The van der Waals surface area contributed by atoms with Crippen molar-refractivity contribution < 1.29 is 5.11 Å². The zero-order valence-electron chi connectivity index (χ0n) is 7.59. The van der Waals surface area contributed by atoms with Gasteiger partial charge >= 0.3 is 0 Å². The van der Waals surface area contributed by atoms with E-state index in [1.165, 1.54) is 0 Å². The molecule has 4 heteroatoms. The number of aromatic nitrogens is 2. The summed E-state index contributed by atoms with van der Waals surface area (Å²) in [6.07, 6.45) is 1.82. The Bertz CT molecular complexity index is 436. The highest BCUT2D eigenvalue weighted by Gasteiger charge is 1.99. The number of hydrogen-bond acceptors (Lipinski definition) is 3. The first-order valence-electron chi connectivity index (χ1n) is 4.33. The molecule has 0 aliphatic carbocycles. The molecule has 0 radical (unpaired) electrons. The Kier molecular flexibility index (Phi) is 2.20. The lowest BCUT2D eigenvalue weighted by Gasteiger charge is -2.00. The second-order valence-electron chi connectivity index (χ2n) is 2.98. The molecule has 2 rings (SSSR count).